The Morgan fingerprint density at radius 3 is 2.20 bits per heavy atom. The minimum atomic E-state index is -0.0919. The Kier molecular flexibility index (Phi) is 11.9. The van der Waals surface area contributed by atoms with Gasteiger partial charge in [-0.1, -0.05) is 45.4 Å². The molecule has 0 aromatic heterocycles. The zero-order valence-corrected chi connectivity index (χ0v) is 9.95. The maximum absolute atomic E-state index is 9.57. The number of rotatable bonds is 11. The van der Waals surface area contributed by atoms with Crippen molar-refractivity contribution in [3.63, 3.8) is 0 Å². The van der Waals surface area contributed by atoms with Crippen molar-refractivity contribution >= 4 is 0 Å². The van der Waals surface area contributed by atoms with Crippen molar-refractivity contribution in [1.82, 2.24) is 0 Å². The summed E-state index contributed by atoms with van der Waals surface area (Å²) in [5, 5.41) is 17.7. The summed E-state index contributed by atoms with van der Waals surface area (Å²) in [5.41, 5.74) is 0. The number of hydrogen-bond donors (Lipinski definition) is 2. The lowest BCUT2D eigenvalue weighted by Gasteiger charge is -2.09. The predicted octanol–water partition coefficient (Wildman–Crippen LogP) is 3.37. The van der Waals surface area contributed by atoms with Gasteiger partial charge >= 0.3 is 0 Å². The lowest BCUT2D eigenvalue weighted by atomic mass is 10.0. The molecular formula is C12H26O3. The van der Waals surface area contributed by atoms with Crippen molar-refractivity contribution in [3.8, 4) is 0 Å². The summed E-state index contributed by atoms with van der Waals surface area (Å²) in [6.45, 7) is 2.59. The zero-order chi connectivity index (χ0) is 11.4. The SMILES string of the molecule is CCCCC(O)CCCCCCCOO. The average molecular weight is 218 g/mol. The lowest BCUT2D eigenvalue weighted by Crippen LogP contribution is -2.05. The molecule has 3 heteroatoms. The fourth-order valence-electron chi connectivity index (χ4n) is 1.66. The molecule has 0 heterocycles. The van der Waals surface area contributed by atoms with Crippen LogP contribution in [0.3, 0.4) is 0 Å². The van der Waals surface area contributed by atoms with E-state index in [0.29, 0.717) is 6.61 Å². The summed E-state index contributed by atoms with van der Waals surface area (Å²) in [5.74, 6) is 0. The van der Waals surface area contributed by atoms with Crippen molar-refractivity contribution < 1.29 is 15.3 Å². The van der Waals surface area contributed by atoms with E-state index >= 15 is 0 Å². The van der Waals surface area contributed by atoms with E-state index in [1.807, 2.05) is 0 Å². The van der Waals surface area contributed by atoms with Crippen molar-refractivity contribution in [3.05, 3.63) is 0 Å². The fourth-order valence-corrected chi connectivity index (χ4v) is 1.66. The third-order valence-electron chi connectivity index (χ3n) is 2.66. The third kappa shape index (κ3) is 11.8. The highest BCUT2D eigenvalue weighted by atomic mass is 17.1. The van der Waals surface area contributed by atoms with E-state index < -0.39 is 0 Å². The normalized spacial score (nSPS) is 13.0. The van der Waals surface area contributed by atoms with Crippen LogP contribution < -0.4 is 0 Å². The first-order chi connectivity index (χ1) is 7.31. The van der Waals surface area contributed by atoms with Crippen LogP contribution >= 0.6 is 0 Å². The molecule has 1 unspecified atom stereocenters. The Hall–Kier alpha value is -0.120. The Balaban J connectivity index is 3.02. The van der Waals surface area contributed by atoms with Gasteiger partial charge in [-0.15, -0.1) is 0 Å². The standard InChI is InChI=1S/C12H26O3/c1-2-3-9-12(13)10-7-5-4-6-8-11-15-14/h12-14H,2-11H2,1H3. The number of aliphatic hydroxyl groups is 1. The van der Waals surface area contributed by atoms with Crippen molar-refractivity contribution in [1.29, 1.82) is 0 Å². The van der Waals surface area contributed by atoms with Crippen LogP contribution in [0.4, 0.5) is 0 Å². The van der Waals surface area contributed by atoms with Crippen LogP contribution in [-0.2, 0) is 4.89 Å². The smallest absolute Gasteiger partial charge is 0.0819 e. The monoisotopic (exact) mass is 218 g/mol. The van der Waals surface area contributed by atoms with E-state index in [9.17, 15) is 5.11 Å². The van der Waals surface area contributed by atoms with Crippen molar-refractivity contribution in [2.45, 2.75) is 70.8 Å². The molecule has 0 aliphatic rings. The minimum Gasteiger partial charge on any atom is -0.393 e. The highest BCUT2D eigenvalue weighted by Gasteiger charge is 2.02. The molecule has 0 aromatic carbocycles. The van der Waals surface area contributed by atoms with Gasteiger partial charge in [-0.25, -0.2) is 4.89 Å². The molecule has 1 atom stereocenters. The molecule has 15 heavy (non-hydrogen) atoms. The molecule has 0 bridgehead atoms. The number of aliphatic hydroxyl groups excluding tert-OH is 1. The summed E-state index contributed by atoms with van der Waals surface area (Å²) in [7, 11) is 0. The fraction of sp³-hybridized carbons (Fsp3) is 1.00. The van der Waals surface area contributed by atoms with E-state index in [-0.39, 0.29) is 6.10 Å². The van der Waals surface area contributed by atoms with Gasteiger partial charge < -0.3 is 5.11 Å². The van der Waals surface area contributed by atoms with Crippen LogP contribution in [0.15, 0.2) is 0 Å². The van der Waals surface area contributed by atoms with E-state index in [0.717, 1.165) is 44.9 Å². The van der Waals surface area contributed by atoms with E-state index in [1.54, 1.807) is 0 Å². The summed E-state index contributed by atoms with van der Waals surface area (Å²) < 4.78 is 0. The second-order valence-electron chi connectivity index (χ2n) is 4.19. The molecule has 0 saturated heterocycles. The molecule has 0 aliphatic heterocycles. The maximum Gasteiger partial charge on any atom is 0.0819 e. The zero-order valence-electron chi connectivity index (χ0n) is 9.95. The average Bonchev–Trinajstić information content (AvgIpc) is 2.25. The molecule has 3 nitrogen and oxygen atoms in total. The third-order valence-corrected chi connectivity index (χ3v) is 2.66. The molecule has 0 radical (unpaired) electrons. The number of hydrogen-bond acceptors (Lipinski definition) is 3. The van der Waals surface area contributed by atoms with Gasteiger partial charge in [0.05, 0.1) is 12.7 Å². The molecular weight excluding hydrogens is 192 g/mol. The van der Waals surface area contributed by atoms with Crippen molar-refractivity contribution in [2.75, 3.05) is 6.61 Å². The van der Waals surface area contributed by atoms with Gasteiger partial charge in [-0.3, -0.25) is 5.26 Å². The second-order valence-corrected chi connectivity index (χ2v) is 4.19. The van der Waals surface area contributed by atoms with Gasteiger partial charge in [0.2, 0.25) is 0 Å². The summed E-state index contributed by atoms with van der Waals surface area (Å²) in [6.07, 6.45) is 9.59. The summed E-state index contributed by atoms with van der Waals surface area (Å²) in [6, 6.07) is 0. The molecule has 0 fully saturated rings. The molecule has 92 valence electrons. The lowest BCUT2D eigenvalue weighted by molar-refractivity contribution is -0.242. The molecule has 0 rings (SSSR count). The maximum atomic E-state index is 9.57. The largest absolute Gasteiger partial charge is 0.393 e. The van der Waals surface area contributed by atoms with Gasteiger partial charge in [0.25, 0.3) is 0 Å². The number of unbranched alkanes of at least 4 members (excludes halogenated alkanes) is 5. The van der Waals surface area contributed by atoms with Gasteiger partial charge in [0, 0.05) is 0 Å². The first-order valence-electron chi connectivity index (χ1n) is 6.25. The first-order valence-corrected chi connectivity index (χ1v) is 6.25. The van der Waals surface area contributed by atoms with E-state index in [2.05, 4.69) is 11.8 Å². The highest BCUT2D eigenvalue weighted by molar-refractivity contribution is 4.56. The van der Waals surface area contributed by atoms with Crippen LogP contribution in [0, 0.1) is 0 Å². The molecule has 0 amide bonds. The topological polar surface area (TPSA) is 49.7 Å². The Labute approximate surface area is 93.4 Å². The quantitative estimate of drug-likeness (QED) is 0.317. The van der Waals surface area contributed by atoms with Crippen LogP contribution in [0.25, 0.3) is 0 Å². The Morgan fingerprint density at radius 1 is 0.933 bits per heavy atom. The Morgan fingerprint density at radius 2 is 1.53 bits per heavy atom. The van der Waals surface area contributed by atoms with Crippen LogP contribution in [0.1, 0.15) is 64.7 Å². The summed E-state index contributed by atoms with van der Waals surface area (Å²) in [4.78, 5) is 3.99. The van der Waals surface area contributed by atoms with E-state index in [1.165, 1.54) is 12.8 Å². The van der Waals surface area contributed by atoms with Crippen molar-refractivity contribution in [2.24, 2.45) is 0 Å². The summed E-state index contributed by atoms with van der Waals surface area (Å²) >= 11 is 0. The molecule has 0 aliphatic carbocycles. The van der Waals surface area contributed by atoms with Gasteiger partial charge in [0.15, 0.2) is 0 Å². The van der Waals surface area contributed by atoms with Gasteiger partial charge in [-0.05, 0) is 19.3 Å². The molecule has 2 N–H and O–H groups in total. The van der Waals surface area contributed by atoms with Gasteiger partial charge in [-0.2, -0.15) is 0 Å². The van der Waals surface area contributed by atoms with E-state index in [4.69, 9.17) is 5.26 Å². The minimum absolute atomic E-state index is 0.0919. The van der Waals surface area contributed by atoms with Crippen LogP contribution in [-0.4, -0.2) is 23.1 Å². The Bertz CT molecular complexity index is 117. The van der Waals surface area contributed by atoms with Gasteiger partial charge in [0.1, 0.15) is 0 Å². The first kappa shape index (κ1) is 14.9. The molecule has 0 spiro atoms. The van der Waals surface area contributed by atoms with Crippen LogP contribution in [0.5, 0.6) is 0 Å². The van der Waals surface area contributed by atoms with Crippen LogP contribution in [0.2, 0.25) is 0 Å². The second kappa shape index (κ2) is 12.0. The molecule has 0 aromatic rings. The molecule has 0 saturated carbocycles. The predicted molar refractivity (Wildman–Crippen MR) is 61.8 cm³/mol. The highest BCUT2D eigenvalue weighted by Crippen LogP contribution is 2.11.